The molecule has 0 bridgehead atoms. The molecule has 1 unspecified atom stereocenters. The van der Waals surface area contributed by atoms with Gasteiger partial charge in [-0.3, -0.25) is 9.69 Å². The molecule has 92 valence electrons. The van der Waals surface area contributed by atoms with Crippen LogP contribution in [-0.4, -0.2) is 23.4 Å². The Morgan fingerprint density at radius 1 is 1.53 bits per heavy atom. The summed E-state index contributed by atoms with van der Waals surface area (Å²) in [6, 6.07) is 2.48. The van der Waals surface area contributed by atoms with Crippen LogP contribution in [0.15, 0.2) is 12.1 Å². The molecule has 0 spiro atoms. The lowest BCUT2D eigenvalue weighted by molar-refractivity contribution is -0.123. The summed E-state index contributed by atoms with van der Waals surface area (Å²) in [7, 11) is 0. The fourth-order valence-corrected chi connectivity index (χ4v) is 2.23. The van der Waals surface area contributed by atoms with E-state index in [-0.39, 0.29) is 17.8 Å². The van der Waals surface area contributed by atoms with Crippen molar-refractivity contribution in [3.8, 4) is 0 Å². The van der Waals surface area contributed by atoms with Gasteiger partial charge in [0.15, 0.2) is 0 Å². The SMILES string of the molecule is CC(C(N)=O)N1CCc2c(N)cc(F)cc2C1. The monoisotopic (exact) mass is 237 g/mol. The number of hydrogen-bond acceptors (Lipinski definition) is 3. The van der Waals surface area contributed by atoms with Crippen LogP contribution in [0.2, 0.25) is 0 Å². The zero-order chi connectivity index (χ0) is 12.6. The Hall–Kier alpha value is -1.62. The number of carbonyl (C=O) groups is 1. The third kappa shape index (κ3) is 2.24. The van der Waals surface area contributed by atoms with E-state index in [1.807, 2.05) is 4.90 Å². The van der Waals surface area contributed by atoms with E-state index in [0.29, 0.717) is 18.8 Å². The Bertz CT molecular complexity index is 461. The lowest BCUT2D eigenvalue weighted by Crippen LogP contribution is -2.45. The molecule has 1 aromatic carbocycles. The first-order valence-corrected chi connectivity index (χ1v) is 5.59. The molecular weight excluding hydrogens is 221 g/mol. The van der Waals surface area contributed by atoms with Crippen LogP contribution in [0, 0.1) is 5.82 Å². The summed E-state index contributed by atoms with van der Waals surface area (Å²) in [5, 5.41) is 0. The predicted octanol–water partition coefficient (Wildman–Crippen LogP) is 0.640. The maximum atomic E-state index is 13.3. The van der Waals surface area contributed by atoms with Gasteiger partial charge in [-0.1, -0.05) is 0 Å². The maximum Gasteiger partial charge on any atom is 0.234 e. The summed E-state index contributed by atoms with van der Waals surface area (Å²) < 4.78 is 13.3. The molecule has 1 atom stereocenters. The summed E-state index contributed by atoms with van der Waals surface area (Å²) in [5.74, 6) is -0.701. The van der Waals surface area contributed by atoms with Crippen LogP contribution >= 0.6 is 0 Å². The van der Waals surface area contributed by atoms with E-state index in [1.54, 1.807) is 6.92 Å². The Morgan fingerprint density at radius 3 is 2.88 bits per heavy atom. The molecule has 1 heterocycles. The normalized spacial score (nSPS) is 17.5. The first kappa shape index (κ1) is 11.9. The highest BCUT2D eigenvalue weighted by Crippen LogP contribution is 2.26. The van der Waals surface area contributed by atoms with Crippen LogP contribution in [0.3, 0.4) is 0 Å². The van der Waals surface area contributed by atoms with Gasteiger partial charge in [-0.15, -0.1) is 0 Å². The van der Waals surface area contributed by atoms with Gasteiger partial charge in [-0.25, -0.2) is 4.39 Å². The van der Waals surface area contributed by atoms with Gasteiger partial charge >= 0.3 is 0 Å². The molecule has 4 N–H and O–H groups in total. The number of benzene rings is 1. The molecule has 1 aromatic rings. The van der Waals surface area contributed by atoms with E-state index in [9.17, 15) is 9.18 Å². The number of carbonyl (C=O) groups excluding carboxylic acids is 1. The lowest BCUT2D eigenvalue weighted by atomic mass is 9.96. The van der Waals surface area contributed by atoms with Crippen molar-refractivity contribution in [1.29, 1.82) is 0 Å². The van der Waals surface area contributed by atoms with Crippen LogP contribution in [-0.2, 0) is 17.8 Å². The zero-order valence-corrected chi connectivity index (χ0v) is 9.74. The fraction of sp³-hybridized carbons (Fsp3) is 0.417. The molecule has 0 fully saturated rings. The van der Waals surface area contributed by atoms with Gasteiger partial charge in [0.25, 0.3) is 0 Å². The minimum Gasteiger partial charge on any atom is -0.398 e. The molecule has 4 nitrogen and oxygen atoms in total. The molecule has 1 aliphatic heterocycles. The van der Waals surface area contributed by atoms with Crippen LogP contribution in [0.1, 0.15) is 18.1 Å². The maximum absolute atomic E-state index is 13.3. The third-order valence-corrected chi connectivity index (χ3v) is 3.32. The fourth-order valence-electron chi connectivity index (χ4n) is 2.23. The first-order valence-electron chi connectivity index (χ1n) is 5.59. The van der Waals surface area contributed by atoms with Gasteiger partial charge < -0.3 is 11.5 Å². The Morgan fingerprint density at radius 2 is 2.24 bits per heavy atom. The molecule has 17 heavy (non-hydrogen) atoms. The number of amides is 1. The number of halogens is 1. The number of nitrogen functional groups attached to an aromatic ring is 1. The average Bonchev–Trinajstić information content (AvgIpc) is 2.26. The van der Waals surface area contributed by atoms with Crippen molar-refractivity contribution in [2.75, 3.05) is 12.3 Å². The van der Waals surface area contributed by atoms with E-state index in [1.165, 1.54) is 12.1 Å². The van der Waals surface area contributed by atoms with Crippen LogP contribution in [0.25, 0.3) is 0 Å². The Balaban J connectivity index is 2.27. The van der Waals surface area contributed by atoms with Crippen molar-refractivity contribution in [3.63, 3.8) is 0 Å². The largest absolute Gasteiger partial charge is 0.398 e. The van der Waals surface area contributed by atoms with Crippen molar-refractivity contribution in [1.82, 2.24) is 4.90 Å². The summed E-state index contributed by atoms with van der Waals surface area (Å²) in [4.78, 5) is 13.1. The number of rotatable bonds is 2. The van der Waals surface area contributed by atoms with E-state index < -0.39 is 0 Å². The van der Waals surface area contributed by atoms with Gasteiger partial charge in [-0.05, 0) is 36.6 Å². The second kappa shape index (κ2) is 4.33. The van der Waals surface area contributed by atoms with E-state index >= 15 is 0 Å². The number of fused-ring (bicyclic) bond motifs is 1. The summed E-state index contributed by atoms with van der Waals surface area (Å²) in [6.45, 7) is 2.99. The minimum absolute atomic E-state index is 0.338. The van der Waals surface area contributed by atoms with E-state index in [4.69, 9.17) is 11.5 Å². The van der Waals surface area contributed by atoms with Crippen molar-refractivity contribution < 1.29 is 9.18 Å². The topological polar surface area (TPSA) is 72.4 Å². The third-order valence-electron chi connectivity index (χ3n) is 3.32. The number of anilines is 1. The van der Waals surface area contributed by atoms with E-state index in [0.717, 1.165) is 17.5 Å². The van der Waals surface area contributed by atoms with Crippen molar-refractivity contribution in [2.45, 2.75) is 25.9 Å². The number of nitrogens with zero attached hydrogens (tertiary/aromatic N) is 1. The minimum atomic E-state index is -0.363. The van der Waals surface area contributed by atoms with Crippen LogP contribution in [0.5, 0.6) is 0 Å². The van der Waals surface area contributed by atoms with Gasteiger partial charge in [-0.2, -0.15) is 0 Å². The first-order chi connectivity index (χ1) is 7.99. The summed E-state index contributed by atoms with van der Waals surface area (Å²) >= 11 is 0. The second-order valence-corrected chi connectivity index (χ2v) is 4.43. The van der Waals surface area contributed by atoms with Crippen molar-refractivity contribution >= 4 is 11.6 Å². The molecule has 0 aromatic heterocycles. The van der Waals surface area contributed by atoms with E-state index in [2.05, 4.69) is 0 Å². The molecule has 0 aliphatic carbocycles. The Kier molecular flexibility index (Phi) is 3.02. The smallest absolute Gasteiger partial charge is 0.234 e. The highest BCUT2D eigenvalue weighted by atomic mass is 19.1. The Labute approximate surface area is 99.4 Å². The van der Waals surface area contributed by atoms with Crippen molar-refractivity contribution in [2.24, 2.45) is 5.73 Å². The summed E-state index contributed by atoms with van der Waals surface area (Å²) in [5.41, 5.74) is 13.4. The molecular formula is C12H16FN3O. The van der Waals surface area contributed by atoms with Gasteiger partial charge in [0.05, 0.1) is 6.04 Å². The quantitative estimate of drug-likeness (QED) is 0.741. The lowest BCUT2D eigenvalue weighted by Gasteiger charge is -2.32. The average molecular weight is 237 g/mol. The molecule has 5 heteroatoms. The van der Waals surface area contributed by atoms with Crippen LogP contribution < -0.4 is 11.5 Å². The van der Waals surface area contributed by atoms with Gasteiger partial charge in [0.1, 0.15) is 5.82 Å². The van der Waals surface area contributed by atoms with Crippen molar-refractivity contribution in [3.05, 3.63) is 29.1 Å². The number of primary amides is 1. The molecule has 0 radical (unpaired) electrons. The highest BCUT2D eigenvalue weighted by molar-refractivity contribution is 5.79. The highest BCUT2D eigenvalue weighted by Gasteiger charge is 2.25. The second-order valence-electron chi connectivity index (χ2n) is 4.43. The van der Waals surface area contributed by atoms with Crippen LogP contribution in [0.4, 0.5) is 10.1 Å². The molecule has 1 aliphatic rings. The standard InChI is InChI=1S/C12H16FN3O/c1-7(12(15)17)16-3-2-10-8(6-16)4-9(13)5-11(10)14/h4-5,7H,2-3,6,14H2,1H3,(H2,15,17). The van der Waals surface area contributed by atoms with Gasteiger partial charge in [0, 0.05) is 18.8 Å². The number of hydrogen-bond donors (Lipinski definition) is 2. The predicted molar refractivity (Wildman–Crippen MR) is 63.6 cm³/mol. The molecule has 0 saturated heterocycles. The number of nitrogens with two attached hydrogens (primary N) is 2. The molecule has 1 amide bonds. The molecule has 0 saturated carbocycles. The van der Waals surface area contributed by atoms with Gasteiger partial charge in [0.2, 0.25) is 5.91 Å². The zero-order valence-electron chi connectivity index (χ0n) is 9.74. The molecule has 2 rings (SSSR count). The summed E-state index contributed by atoms with van der Waals surface area (Å²) in [6.07, 6.45) is 0.721.